The molecule has 0 bridgehead atoms. The van der Waals surface area contributed by atoms with Crippen molar-refractivity contribution in [1.29, 1.82) is 10.5 Å². The van der Waals surface area contributed by atoms with E-state index in [9.17, 15) is 28.9 Å². The Hall–Kier alpha value is -3.65. The number of nitriles is 2. The summed E-state index contributed by atoms with van der Waals surface area (Å²) in [4.78, 5) is 23.0. The minimum absolute atomic E-state index is 0.331. The summed E-state index contributed by atoms with van der Waals surface area (Å²) in [5.41, 5.74) is 8.65. The minimum atomic E-state index is -1.67. The Morgan fingerprint density at radius 2 is 1.36 bits per heavy atom. The fourth-order valence-electron chi connectivity index (χ4n) is 2.45. The zero-order valence-corrected chi connectivity index (χ0v) is 14.7. The van der Waals surface area contributed by atoms with Crippen LogP contribution < -0.4 is 23.2 Å². The number of nitrogens with two attached hydrogens (primary N) is 4. The molecule has 0 aliphatic carbocycles. The predicted molar refractivity (Wildman–Crippen MR) is 93.2 cm³/mol. The maximum atomic E-state index is 14.4. The van der Waals surface area contributed by atoms with Crippen molar-refractivity contribution >= 4 is 23.8 Å². The third-order valence-electron chi connectivity index (χ3n) is 3.67. The van der Waals surface area contributed by atoms with Crippen molar-refractivity contribution in [3.8, 4) is 12.1 Å². The average Bonchev–Trinajstić information content (AvgIpc) is 2.65. The largest absolute Gasteiger partial charge is 0.350 e. The van der Waals surface area contributed by atoms with Gasteiger partial charge in [0.1, 0.15) is 21.7 Å². The van der Waals surface area contributed by atoms with Crippen LogP contribution in [0.1, 0.15) is 11.5 Å². The molecule has 0 unspecified atom stereocenters. The zero-order chi connectivity index (χ0) is 21.2. The SMILES string of the molecule is N#CC1=C(N(N)C(N)=O)SC(N(N)C(N)=O)=C(C#N)C1c1c(F)cccc1F. The second-order valence-electron chi connectivity index (χ2n) is 5.25. The maximum absolute atomic E-state index is 14.4. The van der Waals surface area contributed by atoms with Crippen molar-refractivity contribution in [1.82, 2.24) is 10.0 Å². The number of halogens is 2. The molecule has 2 rings (SSSR count). The van der Waals surface area contributed by atoms with Gasteiger partial charge in [-0.05, 0) is 23.9 Å². The molecule has 0 radical (unpaired) electrons. The normalized spacial score (nSPS) is 14.4. The summed E-state index contributed by atoms with van der Waals surface area (Å²) in [5.74, 6) is 7.29. The molecular weight excluding hydrogens is 394 g/mol. The number of primary amides is 2. The first-order valence-corrected chi connectivity index (χ1v) is 8.06. The molecule has 144 valence electrons. The molecular formula is C15H12F2N8O2S. The van der Waals surface area contributed by atoms with E-state index in [-0.39, 0.29) is 10.1 Å². The fourth-order valence-corrected chi connectivity index (χ4v) is 3.56. The summed E-state index contributed by atoms with van der Waals surface area (Å²) in [5, 5.41) is 19.1. The molecule has 1 heterocycles. The molecule has 28 heavy (non-hydrogen) atoms. The van der Waals surface area contributed by atoms with E-state index < -0.39 is 46.3 Å². The molecule has 4 amide bonds. The highest BCUT2D eigenvalue weighted by Gasteiger charge is 2.40. The van der Waals surface area contributed by atoms with Crippen LogP contribution in [0.15, 0.2) is 39.4 Å². The number of urea groups is 2. The van der Waals surface area contributed by atoms with Crippen LogP contribution in [0, 0.1) is 34.3 Å². The van der Waals surface area contributed by atoms with E-state index in [2.05, 4.69) is 0 Å². The molecule has 13 heteroatoms. The Labute approximate surface area is 161 Å². The number of hydrogen-bond acceptors (Lipinski definition) is 7. The number of amides is 4. The molecule has 8 N–H and O–H groups in total. The van der Waals surface area contributed by atoms with Crippen molar-refractivity contribution in [2.75, 3.05) is 0 Å². The molecule has 1 aromatic carbocycles. The Balaban J connectivity index is 2.92. The lowest BCUT2D eigenvalue weighted by atomic mass is 9.85. The van der Waals surface area contributed by atoms with Crippen LogP contribution in [0.3, 0.4) is 0 Å². The molecule has 0 atom stereocenters. The molecule has 1 aromatic rings. The lowest BCUT2D eigenvalue weighted by molar-refractivity contribution is 0.223. The molecule has 0 aromatic heterocycles. The van der Waals surface area contributed by atoms with Crippen LogP contribution in [0.25, 0.3) is 0 Å². The highest BCUT2D eigenvalue weighted by atomic mass is 32.2. The van der Waals surface area contributed by atoms with Crippen LogP contribution in [-0.4, -0.2) is 22.1 Å². The van der Waals surface area contributed by atoms with Crippen molar-refractivity contribution in [2.45, 2.75) is 5.92 Å². The first-order chi connectivity index (χ1) is 13.1. The lowest BCUT2D eigenvalue weighted by Crippen LogP contribution is -2.44. The third-order valence-corrected chi connectivity index (χ3v) is 4.89. The number of carbonyl (C=O) groups is 2. The van der Waals surface area contributed by atoms with Gasteiger partial charge in [0.15, 0.2) is 0 Å². The van der Waals surface area contributed by atoms with Crippen molar-refractivity contribution in [2.24, 2.45) is 23.2 Å². The molecule has 1 aliphatic rings. The Morgan fingerprint density at radius 1 is 0.964 bits per heavy atom. The summed E-state index contributed by atoms with van der Waals surface area (Å²) in [6, 6.07) is 3.83. The minimum Gasteiger partial charge on any atom is -0.350 e. The number of rotatable bonds is 3. The summed E-state index contributed by atoms with van der Waals surface area (Å²) in [6.07, 6.45) is 0. The van der Waals surface area contributed by atoms with Crippen LogP contribution in [0.5, 0.6) is 0 Å². The number of hydrogen-bond donors (Lipinski definition) is 4. The predicted octanol–water partition coefficient (Wildman–Crippen LogP) is 0.774. The average molecular weight is 406 g/mol. The van der Waals surface area contributed by atoms with Crippen molar-refractivity contribution in [3.05, 3.63) is 56.6 Å². The summed E-state index contributed by atoms with van der Waals surface area (Å²) < 4.78 is 28.9. The summed E-state index contributed by atoms with van der Waals surface area (Å²) in [6.45, 7) is 0. The second-order valence-corrected chi connectivity index (χ2v) is 6.23. The monoisotopic (exact) mass is 406 g/mol. The zero-order valence-electron chi connectivity index (χ0n) is 13.9. The van der Waals surface area contributed by atoms with Gasteiger partial charge in [0.05, 0.1) is 29.2 Å². The fraction of sp³-hybridized carbons (Fsp3) is 0.0667. The van der Waals surface area contributed by atoms with Gasteiger partial charge >= 0.3 is 12.1 Å². The third kappa shape index (κ3) is 3.45. The van der Waals surface area contributed by atoms with Gasteiger partial charge in [0.25, 0.3) is 0 Å². The Morgan fingerprint density at radius 3 is 1.68 bits per heavy atom. The first-order valence-electron chi connectivity index (χ1n) is 7.24. The number of thioether (sulfide) groups is 1. The van der Waals surface area contributed by atoms with Crippen LogP contribution in [0.4, 0.5) is 18.4 Å². The maximum Gasteiger partial charge on any atom is 0.334 e. The van der Waals surface area contributed by atoms with E-state index in [4.69, 9.17) is 23.2 Å². The molecule has 0 saturated carbocycles. The van der Waals surface area contributed by atoms with E-state index in [1.807, 2.05) is 0 Å². The molecule has 0 saturated heterocycles. The van der Waals surface area contributed by atoms with Gasteiger partial charge in [-0.1, -0.05) is 6.07 Å². The molecule has 0 fully saturated rings. The van der Waals surface area contributed by atoms with Crippen LogP contribution in [0.2, 0.25) is 0 Å². The van der Waals surface area contributed by atoms with E-state index in [1.165, 1.54) is 0 Å². The summed E-state index contributed by atoms with van der Waals surface area (Å²) >= 11 is 0.449. The van der Waals surface area contributed by atoms with Gasteiger partial charge in [-0.3, -0.25) is 0 Å². The molecule has 10 nitrogen and oxygen atoms in total. The second kappa shape index (κ2) is 7.93. The molecule has 1 aliphatic heterocycles. The van der Waals surface area contributed by atoms with Gasteiger partial charge in [-0.15, -0.1) is 0 Å². The summed E-state index contributed by atoms with van der Waals surface area (Å²) in [7, 11) is 0. The highest BCUT2D eigenvalue weighted by molar-refractivity contribution is 8.06. The number of nitrogens with zero attached hydrogens (tertiary/aromatic N) is 4. The van der Waals surface area contributed by atoms with E-state index >= 15 is 0 Å². The number of allylic oxidation sites excluding steroid dienone is 2. The van der Waals surface area contributed by atoms with Gasteiger partial charge in [-0.25, -0.2) is 40.1 Å². The molecule has 0 spiro atoms. The van der Waals surface area contributed by atoms with Crippen molar-refractivity contribution in [3.63, 3.8) is 0 Å². The lowest BCUT2D eigenvalue weighted by Gasteiger charge is -2.32. The quantitative estimate of drug-likeness (QED) is 0.323. The van der Waals surface area contributed by atoms with E-state index in [0.29, 0.717) is 21.8 Å². The van der Waals surface area contributed by atoms with E-state index in [0.717, 1.165) is 18.2 Å². The van der Waals surface area contributed by atoms with Crippen LogP contribution >= 0.6 is 11.8 Å². The van der Waals surface area contributed by atoms with E-state index in [1.54, 1.807) is 12.1 Å². The Kier molecular flexibility index (Phi) is 5.85. The number of hydrazine groups is 2. The number of benzene rings is 1. The van der Waals surface area contributed by atoms with Gasteiger partial charge in [-0.2, -0.15) is 10.5 Å². The topological polar surface area (TPSA) is 192 Å². The smallest absolute Gasteiger partial charge is 0.334 e. The highest BCUT2D eigenvalue weighted by Crippen LogP contribution is 2.48. The van der Waals surface area contributed by atoms with Gasteiger partial charge in [0, 0.05) is 5.56 Å². The standard InChI is InChI=1S/C15H12F2N8O2S/c16-8-2-1-3-9(17)11(8)10-6(4-18)12(24(22)14(20)26)28-13(7(10)5-19)25(23)15(21)27/h1-3,10H,22-23H2,(H2,20,26)(H2,21,27). The first kappa shape index (κ1) is 20.7. The number of carbonyl (C=O) groups excluding carboxylic acids is 2. The van der Waals surface area contributed by atoms with Crippen molar-refractivity contribution < 1.29 is 18.4 Å². The Bertz CT molecular complexity index is 936. The van der Waals surface area contributed by atoms with Gasteiger partial charge < -0.3 is 11.5 Å². The van der Waals surface area contributed by atoms with Crippen LogP contribution in [-0.2, 0) is 0 Å². The van der Waals surface area contributed by atoms with Gasteiger partial charge in [0.2, 0.25) is 0 Å².